The summed E-state index contributed by atoms with van der Waals surface area (Å²) in [5.74, 6) is 0. The zero-order valence-electron chi connectivity index (χ0n) is 15.5. The van der Waals surface area contributed by atoms with Gasteiger partial charge in [-0.3, -0.25) is 0 Å². The molecule has 1 nitrogen and oxygen atoms in total. The van der Waals surface area contributed by atoms with Gasteiger partial charge in [-0.05, 0) is 46.0 Å². The van der Waals surface area contributed by atoms with Crippen LogP contribution in [-0.4, -0.2) is 0 Å². The molecule has 28 heavy (non-hydrogen) atoms. The number of anilines is 1. The second-order valence-electron chi connectivity index (χ2n) is 6.59. The highest BCUT2D eigenvalue weighted by molar-refractivity contribution is 8.08. The first kappa shape index (κ1) is 18.1. The number of thioether (sulfide) groups is 1. The van der Waals surface area contributed by atoms with Crippen molar-refractivity contribution in [3.05, 3.63) is 115 Å². The molecule has 0 atom stereocenters. The van der Waals surface area contributed by atoms with E-state index in [-0.39, 0.29) is 0 Å². The fourth-order valence-corrected chi connectivity index (χ4v) is 3.97. The van der Waals surface area contributed by atoms with Crippen LogP contribution in [0.25, 0.3) is 27.2 Å². The third-order valence-corrected chi connectivity index (χ3v) is 5.74. The molecule has 136 valence electrons. The third kappa shape index (κ3) is 4.03. The fraction of sp³-hybridized carbons (Fsp3) is 0. The van der Waals surface area contributed by atoms with Crippen LogP contribution in [0.1, 0.15) is 5.56 Å². The Morgan fingerprint density at radius 3 is 1.86 bits per heavy atom. The Bertz CT molecular complexity index is 1100. The molecular weight excluding hydrogens is 358 g/mol. The number of para-hydroxylation sites is 1. The Morgan fingerprint density at radius 1 is 0.607 bits per heavy atom. The van der Waals surface area contributed by atoms with E-state index in [4.69, 9.17) is 5.73 Å². The second-order valence-corrected chi connectivity index (χ2v) is 7.72. The monoisotopic (exact) mass is 379 g/mol. The summed E-state index contributed by atoms with van der Waals surface area (Å²) in [5, 5.41) is 0. The highest BCUT2D eigenvalue weighted by atomic mass is 32.2. The van der Waals surface area contributed by atoms with Gasteiger partial charge in [-0.1, -0.05) is 103 Å². The first-order valence-corrected chi connectivity index (χ1v) is 10.00. The lowest BCUT2D eigenvalue weighted by atomic mass is 9.98. The summed E-state index contributed by atoms with van der Waals surface area (Å²) in [6, 6.07) is 35.5. The maximum Gasteiger partial charge on any atom is 0.0455 e. The molecule has 2 heteroatoms. The van der Waals surface area contributed by atoms with Gasteiger partial charge >= 0.3 is 0 Å². The summed E-state index contributed by atoms with van der Waals surface area (Å²) in [6.45, 7) is 4.22. The molecule has 4 rings (SSSR count). The van der Waals surface area contributed by atoms with Crippen molar-refractivity contribution in [2.45, 2.75) is 4.90 Å². The van der Waals surface area contributed by atoms with E-state index in [2.05, 4.69) is 79.4 Å². The molecule has 0 heterocycles. The van der Waals surface area contributed by atoms with Crippen LogP contribution in [-0.2, 0) is 0 Å². The van der Waals surface area contributed by atoms with Crippen LogP contribution in [0.4, 0.5) is 5.69 Å². The van der Waals surface area contributed by atoms with Gasteiger partial charge in [0.25, 0.3) is 0 Å². The predicted octanol–water partition coefficient (Wildman–Crippen LogP) is 7.37. The van der Waals surface area contributed by atoms with Crippen molar-refractivity contribution >= 4 is 22.4 Å². The Balaban J connectivity index is 1.55. The van der Waals surface area contributed by atoms with Crippen molar-refractivity contribution in [1.82, 2.24) is 0 Å². The second kappa shape index (κ2) is 8.20. The molecule has 0 fully saturated rings. The van der Waals surface area contributed by atoms with Crippen LogP contribution in [0.5, 0.6) is 0 Å². The predicted molar refractivity (Wildman–Crippen MR) is 123 cm³/mol. The maximum absolute atomic E-state index is 6.05. The van der Waals surface area contributed by atoms with E-state index < -0.39 is 0 Å². The van der Waals surface area contributed by atoms with E-state index in [1.807, 2.05) is 30.3 Å². The van der Waals surface area contributed by atoms with E-state index in [1.165, 1.54) is 22.3 Å². The molecule has 0 amide bonds. The zero-order chi connectivity index (χ0) is 19.3. The lowest BCUT2D eigenvalue weighted by Gasteiger charge is -2.10. The molecule has 0 saturated carbocycles. The Hall–Kier alpha value is -3.23. The number of nitrogen functional groups attached to an aromatic ring is 1. The standard InChI is InChI=1S/C26H21NS/c1-19(28-26-13-6-5-12-25(26)27)20-14-16-22(17-15-20)24-11-7-10-23(18-24)21-8-3-2-4-9-21/h2-18H,1,27H2. The molecule has 0 unspecified atom stereocenters. The van der Waals surface area contributed by atoms with Crippen LogP contribution < -0.4 is 5.73 Å². The molecule has 0 aromatic heterocycles. The summed E-state index contributed by atoms with van der Waals surface area (Å²) < 4.78 is 0. The van der Waals surface area contributed by atoms with Crippen molar-refractivity contribution in [2.75, 3.05) is 5.73 Å². The minimum absolute atomic E-state index is 0.781. The van der Waals surface area contributed by atoms with Crippen LogP contribution in [0.3, 0.4) is 0 Å². The lowest BCUT2D eigenvalue weighted by molar-refractivity contribution is 1.47. The van der Waals surface area contributed by atoms with Gasteiger partial charge in [0.15, 0.2) is 0 Å². The van der Waals surface area contributed by atoms with Crippen molar-refractivity contribution in [1.29, 1.82) is 0 Å². The highest BCUT2D eigenvalue weighted by Gasteiger charge is 2.06. The van der Waals surface area contributed by atoms with Gasteiger partial charge in [-0.2, -0.15) is 0 Å². The molecule has 0 radical (unpaired) electrons. The van der Waals surface area contributed by atoms with Gasteiger partial charge in [-0.15, -0.1) is 0 Å². The summed E-state index contributed by atoms with van der Waals surface area (Å²) in [7, 11) is 0. The van der Waals surface area contributed by atoms with Crippen molar-refractivity contribution in [3.63, 3.8) is 0 Å². The van der Waals surface area contributed by atoms with Gasteiger partial charge in [0.1, 0.15) is 0 Å². The molecule has 4 aromatic carbocycles. The molecule has 0 aliphatic heterocycles. The van der Waals surface area contributed by atoms with Gasteiger partial charge in [-0.25, -0.2) is 0 Å². The fourth-order valence-electron chi connectivity index (χ4n) is 3.12. The molecule has 4 aromatic rings. The molecule has 0 bridgehead atoms. The van der Waals surface area contributed by atoms with Crippen LogP contribution in [0, 0.1) is 0 Å². The van der Waals surface area contributed by atoms with E-state index in [1.54, 1.807) is 11.8 Å². The summed E-state index contributed by atoms with van der Waals surface area (Å²) >= 11 is 1.61. The largest absolute Gasteiger partial charge is 0.398 e. The van der Waals surface area contributed by atoms with Gasteiger partial charge in [0.2, 0.25) is 0 Å². The van der Waals surface area contributed by atoms with E-state index in [0.717, 1.165) is 21.1 Å². The smallest absolute Gasteiger partial charge is 0.0455 e. The number of benzene rings is 4. The maximum atomic E-state index is 6.05. The lowest BCUT2D eigenvalue weighted by Crippen LogP contribution is -1.88. The van der Waals surface area contributed by atoms with Crippen molar-refractivity contribution < 1.29 is 0 Å². The van der Waals surface area contributed by atoms with Gasteiger partial charge in [0, 0.05) is 15.5 Å². The van der Waals surface area contributed by atoms with Crippen LogP contribution >= 0.6 is 11.8 Å². The summed E-state index contributed by atoms with van der Waals surface area (Å²) in [4.78, 5) is 2.02. The SMILES string of the molecule is C=C(Sc1ccccc1N)c1ccc(-c2cccc(-c3ccccc3)c2)cc1. The number of hydrogen-bond donors (Lipinski definition) is 1. The Morgan fingerprint density at radius 2 is 1.18 bits per heavy atom. The number of rotatable bonds is 5. The average Bonchev–Trinajstić information content (AvgIpc) is 2.76. The summed E-state index contributed by atoms with van der Waals surface area (Å²) in [6.07, 6.45) is 0. The molecule has 0 aliphatic rings. The molecular formula is C26H21NS. The van der Waals surface area contributed by atoms with Crippen molar-refractivity contribution in [3.8, 4) is 22.3 Å². The van der Waals surface area contributed by atoms with E-state index in [0.29, 0.717) is 0 Å². The number of nitrogens with two attached hydrogens (primary N) is 1. The normalized spacial score (nSPS) is 10.6. The van der Waals surface area contributed by atoms with Crippen molar-refractivity contribution in [2.24, 2.45) is 0 Å². The van der Waals surface area contributed by atoms with Gasteiger partial charge in [0.05, 0.1) is 0 Å². The first-order valence-electron chi connectivity index (χ1n) is 9.18. The Kier molecular flexibility index (Phi) is 5.31. The summed E-state index contributed by atoms with van der Waals surface area (Å²) in [5.41, 5.74) is 12.8. The van der Waals surface area contributed by atoms with E-state index >= 15 is 0 Å². The third-order valence-electron chi connectivity index (χ3n) is 4.66. The van der Waals surface area contributed by atoms with E-state index in [9.17, 15) is 0 Å². The minimum atomic E-state index is 0.781. The zero-order valence-corrected chi connectivity index (χ0v) is 16.3. The molecule has 0 spiro atoms. The topological polar surface area (TPSA) is 26.0 Å². The van der Waals surface area contributed by atoms with Crippen LogP contribution in [0.15, 0.2) is 115 Å². The number of hydrogen-bond acceptors (Lipinski definition) is 2. The highest BCUT2D eigenvalue weighted by Crippen LogP contribution is 2.36. The quantitative estimate of drug-likeness (QED) is 0.289. The molecule has 2 N–H and O–H groups in total. The molecule has 0 saturated heterocycles. The first-order chi connectivity index (χ1) is 13.7. The van der Waals surface area contributed by atoms with Gasteiger partial charge < -0.3 is 5.73 Å². The minimum Gasteiger partial charge on any atom is -0.398 e. The molecule has 0 aliphatic carbocycles. The average molecular weight is 380 g/mol. The Labute approximate surface area is 170 Å². The van der Waals surface area contributed by atoms with Crippen LogP contribution in [0.2, 0.25) is 0 Å².